The molecular weight excluding hydrogens is 649 g/mol. The molecule has 5 nitrogen and oxygen atoms in total. The maximum Gasteiger partial charge on any atom is 0.152 e. The molecule has 172 valence electrons. The van der Waals surface area contributed by atoms with E-state index in [0.29, 0.717) is 17.4 Å². The molecule has 2 aliphatic carbocycles. The Hall–Kier alpha value is -0.938. The normalized spacial score (nSPS) is 21.9. The molecule has 1 aliphatic heterocycles. The third-order valence-electron chi connectivity index (χ3n) is 6.56. The van der Waals surface area contributed by atoms with Crippen LogP contribution in [0.3, 0.4) is 0 Å². The molecule has 0 spiro atoms. The largest absolute Gasteiger partial charge is 0.535 e. The summed E-state index contributed by atoms with van der Waals surface area (Å²) in [5.74, 6) is 2.49. The fourth-order valence-electron chi connectivity index (χ4n) is 4.73. The number of halogens is 1. The van der Waals surface area contributed by atoms with E-state index >= 15 is 0 Å². The minimum absolute atomic E-state index is 0. The minimum atomic E-state index is -0.158. The number of aromatic nitrogens is 2. The summed E-state index contributed by atoms with van der Waals surface area (Å²) in [6, 6.07) is 6.60. The Morgan fingerprint density at radius 3 is 2.75 bits per heavy atom. The van der Waals surface area contributed by atoms with Gasteiger partial charge in [-0.15, -0.1) is 6.26 Å². The van der Waals surface area contributed by atoms with Crippen LogP contribution in [0.1, 0.15) is 67.7 Å². The van der Waals surface area contributed by atoms with Crippen molar-refractivity contribution in [1.29, 1.82) is 0 Å². The average molecular weight is 682 g/mol. The molecule has 32 heavy (non-hydrogen) atoms. The van der Waals surface area contributed by atoms with Crippen LogP contribution in [0.5, 0.6) is 0 Å². The van der Waals surface area contributed by atoms with Crippen molar-refractivity contribution in [3.05, 3.63) is 53.7 Å². The topological polar surface area (TPSA) is 62.0 Å². The molecule has 0 bridgehead atoms. The van der Waals surface area contributed by atoms with Gasteiger partial charge in [0.2, 0.25) is 0 Å². The number of nitrogens with one attached hydrogen (secondary N) is 3. The van der Waals surface area contributed by atoms with E-state index in [4.69, 9.17) is 11.3 Å². The molecule has 0 radical (unpaired) electrons. The van der Waals surface area contributed by atoms with E-state index in [0.717, 1.165) is 53.6 Å². The molecule has 2 unspecified atom stereocenters. The predicted molar refractivity (Wildman–Crippen MR) is 125 cm³/mol. The number of H-pyrrole nitrogens is 1. The molecule has 1 aromatic heterocycles. The SMILES string of the molecule is CNC1CCCC1.[CH-]=COC1CCC(c2cc(Nc3ccc4c(c3F)CSC4)n[nH]2)C1.[U]. The van der Waals surface area contributed by atoms with E-state index in [2.05, 4.69) is 27.9 Å². The Morgan fingerprint density at radius 1 is 1.22 bits per heavy atom. The van der Waals surface area contributed by atoms with Gasteiger partial charge in [-0.2, -0.15) is 16.9 Å². The molecule has 0 amide bonds. The maximum atomic E-state index is 14.6. The molecular formula is C24H32FN4OSU-. The van der Waals surface area contributed by atoms with Gasteiger partial charge in [0.05, 0.1) is 11.8 Å². The van der Waals surface area contributed by atoms with Gasteiger partial charge in [-0.3, -0.25) is 5.10 Å². The number of rotatable bonds is 6. The van der Waals surface area contributed by atoms with E-state index < -0.39 is 0 Å². The van der Waals surface area contributed by atoms with Gasteiger partial charge in [0.25, 0.3) is 0 Å². The molecule has 5 rings (SSSR count). The number of hydrogen-bond donors (Lipinski definition) is 3. The summed E-state index contributed by atoms with van der Waals surface area (Å²) in [7, 11) is 2.05. The number of ether oxygens (including phenoxy) is 1. The van der Waals surface area contributed by atoms with Gasteiger partial charge in [-0.25, -0.2) is 4.39 Å². The molecule has 8 heteroatoms. The second kappa shape index (κ2) is 12.5. The Kier molecular flexibility index (Phi) is 10.0. The third kappa shape index (κ3) is 6.34. The number of benzene rings is 1. The zero-order valence-corrected chi connectivity index (χ0v) is 23.6. The van der Waals surface area contributed by atoms with Crippen LogP contribution in [0.15, 0.2) is 24.5 Å². The molecule has 2 saturated carbocycles. The second-order valence-electron chi connectivity index (χ2n) is 8.57. The van der Waals surface area contributed by atoms with Crippen molar-refractivity contribution in [2.45, 2.75) is 74.5 Å². The third-order valence-corrected chi connectivity index (χ3v) is 7.57. The number of hydrogen-bond acceptors (Lipinski definition) is 5. The Balaban J connectivity index is 0.000000311. The van der Waals surface area contributed by atoms with Crippen LogP contribution in [0.25, 0.3) is 0 Å². The number of fused-ring (bicyclic) bond motifs is 1. The summed E-state index contributed by atoms with van der Waals surface area (Å²) < 4.78 is 19.9. The smallest absolute Gasteiger partial charge is 0.152 e. The van der Waals surface area contributed by atoms with E-state index in [-0.39, 0.29) is 43.0 Å². The number of aromatic amines is 1. The van der Waals surface area contributed by atoms with Gasteiger partial charge in [0, 0.05) is 71.9 Å². The van der Waals surface area contributed by atoms with Crippen LogP contribution in [-0.4, -0.2) is 29.4 Å². The monoisotopic (exact) mass is 681 g/mol. The Bertz CT molecular complexity index is 887. The van der Waals surface area contributed by atoms with Gasteiger partial charge in [-0.05, 0) is 50.8 Å². The minimum Gasteiger partial charge on any atom is -0.535 e. The zero-order chi connectivity index (χ0) is 21.6. The van der Waals surface area contributed by atoms with Gasteiger partial charge in [0.1, 0.15) is 0 Å². The first-order valence-electron chi connectivity index (χ1n) is 11.2. The van der Waals surface area contributed by atoms with E-state index in [1.165, 1.54) is 31.9 Å². The predicted octanol–water partition coefficient (Wildman–Crippen LogP) is 5.79. The first kappa shape index (κ1) is 25.7. The molecule has 0 saturated heterocycles. The van der Waals surface area contributed by atoms with Crippen molar-refractivity contribution < 1.29 is 40.2 Å². The Labute approximate surface area is 218 Å². The summed E-state index contributed by atoms with van der Waals surface area (Å²) in [4.78, 5) is 0. The van der Waals surface area contributed by atoms with Crippen molar-refractivity contribution in [3.63, 3.8) is 0 Å². The fraction of sp³-hybridized carbons (Fsp3) is 0.542. The van der Waals surface area contributed by atoms with Crippen LogP contribution < -0.4 is 10.6 Å². The van der Waals surface area contributed by atoms with Crippen LogP contribution in [-0.2, 0) is 16.2 Å². The summed E-state index contributed by atoms with van der Waals surface area (Å²) in [5.41, 5.74) is 3.45. The van der Waals surface area contributed by atoms with Crippen LogP contribution >= 0.6 is 11.8 Å². The van der Waals surface area contributed by atoms with Crippen LogP contribution in [0, 0.1) is 43.5 Å². The number of thioether (sulfide) groups is 1. The first-order valence-corrected chi connectivity index (χ1v) is 12.4. The van der Waals surface area contributed by atoms with Crippen LogP contribution in [0.2, 0.25) is 0 Å². The second-order valence-corrected chi connectivity index (χ2v) is 9.55. The van der Waals surface area contributed by atoms with Crippen molar-refractivity contribution in [1.82, 2.24) is 15.5 Å². The van der Waals surface area contributed by atoms with E-state index in [1.54, 1.807) is 17.8 Å². The maximum absolute atomic E-state index is 14.6. The van der Waals surface area contributed by atoms with Gasteiger partial charge in [0.15, 0.2) is 11.6 Å². The van der Waals surface area contributed by atoms with Crippen molar-refractivity contribution in [3.8, 4) is 0 Å². The van der Waals surface area contributed by atoms with Gasteiger partial charge < -0.3 is 21.9 Å². The summed E-state index contributed by atoms with van der Waals surface area (Å²) in [5, 5.41) is 13.7. The van der Waals surface area contributed by atoms with Crippen LogP contribution in [0.4, 0.5) is 15.9 Å². The molecule has 1 aromatic carbocycles. The van der Waals surface area contributed by atoms with Crippen molar-refractivity contribution >= 4 is 23.3 Å². The fourth-order valence-corrected chi connectivity index (χ4v) is 5.84. The van der Waals surface area contributed by atoms with E-state index in [9.17, 15) is 4.39 Å². The summed E-state index contributed by atoms with van der Waals surface area (Å²) in [6.45, 7) is 5.32. The van der Waals surface area contributed by atoms with Gasteiger partial charge >= 0.3 is 0 Å². The molecule has 2 heterocycles. The molecule has 2 aromatic rings. The molecule has 3 aliphatic rings. The van der Waals surface area contributed by atoms with Crippen molar-refractivity contribution in [2.24, 2.45) is 0 Å². The molecule has 3 N–H and O–H groups in total. The quantitative estimate of drug-likeness (QED) is 0.267. The van der Waals surface area contributed by atoms with Gasteiger partial charge in [-0.1, -0.05) is 18.9 Å². The number of anilines is 2. The number of nitrogens with zero attached hydrogens (tertiary/aromatic N) is 1. The zero-order valence-electron chi connectivity index (χ0n) is 18.6. The molecule has 2 atom stereocenters. The van der Waals surface area contributed by atoms with Crippen molar-refractivity contribution in [2.75, 3.05) is 12.4 Å². The standard InChI is InChI=1S/C18H19FN3OS.C6H13N.U/c1-2-23-13-5-3-11(7-13)16-8-17(22-21-16)20-15-6-4-12-9-24-10-14(12)18(15)19;1-7-6-4-2-3-5-6;/h1-2,4,6,8,11,13H,3,5,7,9-10H2,(H2,20,21,22);6-7H,2-5H2,1H3;/q-1;;. The Morgan fingerprint density at radius 2 is 2.03 bits per heavy atom. The average Bonchev–Trinajstić information content (AvgIpc) is 3.57. The summed E-state index contributed by atoms with van der Waals surface area (Å²) >= 11 is 1.74. The summed E-state index contributed by atoms with van der Waals surface area (Å²) in [6.07, 6.45) is 10.0. The first-order chi connectivity index (χ1) is 15.2. The van der Waals surface area contributed by atoms with E-state index in [1.807, 2.05) is 12.1 Å². The molecule has 2 fully saturated rings.